The summed E-state index contributed by atoms with van der Waals surface area (Å²) in [6.45, 7) is 1.79. The Morgan fingerprint density at radius 3 is 2.79 bits per heavy atom. The molecule has 1 aromatic carbocycles. The molecule has 6 nitrogen and oxygen atoms in total. The Labute approximate surface area is 139 Å². The Bertz CT molecular complexity index is 808. The fourth-order valence-corrected chi connectivity index (χ4v) is 2.54. The van der Waals surface area contributed by atoms with E-state index >= 15 is 0 Å². The first-order valence-electron chi connectivity index (χ1n) is 7.55. The molecule has 0 spiro atoms. The van der Waals surface area contributed by atoms with E-state index in [9.17, 15) is 4.79 Å². The zero-order valence-electron chi connectivity index (χ0n) is 13.5. The Balaban J connectivity index is 1.84. The van der Waals surface area contributed by atoms with E-state index in [-0.39, 0.29) is 12.3 Å². The largest absolute Gasteiger partial charge is 0.496 e. The number of amides is 1. The van der Waals surface area contributed by atoms with Gasteiger partial charge in [-0.05, 0) is 25.1 Å². The number of aryl methyl sites for hydroxylation is 1. The lowest BCUT2D eigenvalue weighted by Gasteiger charge is -2.19. The van der Waals surface area contributed by atoms with Crippen molar-refractivity contribution >= 4 is 5.91 Å². The molecule has 0 unspecified atom stereocenters. The van der Waals surface area contributed by atoms with Crippen molar-refractivity contribution in [1.82, 2.24) is 10.5 Å². The molecule has 2 aromatic heterocycles. The number of carbonyl (C=O) groups is 1. The van der Waals surface area contributed by atoms with Gasteiger partial charge in [0.15, 0.2) is 0 Å². The summed E-state index contributed by atoms with van der Waals surface area (Å²) in [5.74, 6) is 1.79. The average molecular weight is 326 g/mol. The lowest BCUT2D eigenvalue weighted by atomic mass is 10.0. The highest BCUT2D eigenvalue weighted by Crippen LogP contribution is 2.30. The number of hydrogen-bond donors (Lipinski definition) is 1. The van der Waals surface area contributed by atoms with Crippen molar-refractivity contribution in [2.75, 3.05) is 7.11 Å². The Morgan fingerprint density at radius 1 is 1.29 bits per heavy atom. The zero-order chi connectivity index (χ0) is 16.9. The number of benzene rings is 1. The maximum Gasteiger partial charge on any atom is 0.227 e. The molecule has 0 aliphatic carbocycles. The number of para-hydroxylation sites is 1. The highest BCUT2D eigenvalue weighted by molar-refractivity contribution is 5.79. The van der Waals surface area contributed by atoms with E-state index in [4.69, 9.17) is 13.7 Å². The molecule has 0 saturated carbocycles. The number of hydrogen-bond acceptors (Lipinski definition) is 5. The Kier molecular flexibility index (Phi) is 4.65. The van der Waals surface area contributed by atoms with Gasteiger partial charge in [0.1, 0.15) is 23.3 Å². The predicted octanol–water partition coefficient (Wildman–Crippen LogP) is 3.03. The maximum atomic E-state index is 12.4. The van der Waals surface area contributed by atoms with Gasteiger partial charge in [0.05, 0.1) is 25.5 Å². The minimum atomic E-state index is -0.448. The second-order valence-electron chi connectivity index (χ2n) is 5.36. The number of aromatic nitrogens is 1. The smallest absolute Gasteiger partial charge is 0.227 e. The summed E-state index contributed by atoms with van der Waals surface area (Å²) in [5.41, 5.74) is 1.41. The summed E-state index contributed by atoms with van der Waals surface area (Å²) in [4.78, 5) is 12.4. The van der Waals surface area contributed by atoms with Crippen LogP contribution in [0.3, 0.4) is 0 Å². The molecule has 24 heavy (non-hydrogen) atoms. The van der Waals surface area contributed by atoms with Crippen LogP contribution in [0.5, 0.6) is 5.75 Å². The van der Waals surface area contributed by atoms with Crippen LogP contribution in [0, 0.1) is 6.92 Å². The highest BCUT2D eigenvalue weighted by atomic mass is 16.5. The van der Waals surface area contributed by atoms with E-state index in [1.807, 2.05) is 30.3 Å². The second kappa shape index (κ2) is 7.04. The summed E-state index contributed by atoms with van der Waals surface area (Å²) in [7, 11) is 1.60. The molecule has 2 heterocycles. The minimum Gasteiger partial charge on any atom is -0.496 e. The van der Waals surface area contributed by atoms with Crippen LogP contribution in [0.2, 0.25) is 0 Å². The van der Waals surface area contributed by atoms with Gasteiger partial charge in [0.2, 0.25) is 5.91 Å². The van der Waals surface area contributed by atoms with E-state index in [2.05, 4.69) is 10.5 Å². The van der Waals surface area contributed by atoms with Crippen LogP contribution >= 0.6 is 0 Å². The molecule has 0 aliphatic rings. The topological polar surface area (TPSA) is 77.5 Å². The second-order valence-corrected chi connectivity index (χ2v) is 5.36. The molecule has 0 fully saturated rings. The molecule has 124 valence electrons. The number of nitrogens with zero attached hydrogens (tertiary/aromatic N) is 1. The third kappa shape index (κ3) is 3.48. The zero-order valence-corrected chi connectivity index (χ0v) is 13.5. The van der Waals surface area contributed by atoms with E-state index in [0.717, 1.165) is 5.56 Å². The van der Waals surface area contributed by atoms with Crippen LogP contribution in [-0.4, -0.2) is 18.2 Å². The van der Waals surface area contributed by atoms with Crippen LogP contribution in [-0.2, 0) is 11.2 Å². The third-order valence-corrected chi connectivity index (χ3v) is 3.60. The molecular weight excluding hydrogens is 308 g/mol. The number of furan rings is 1. The van der Waals surface area contributed by atoms with Gasteiger partial charge in [-0.25, -0.2) is 0 Å². The van der Waals surface area contributed by atoms with Gasteiger partial charge in [-0.15, -0.1) is 0 Å². The average Bonchev–Trinajstić information content (AvgIpc) is 3.24. The minimum absolute atomic E-state index is 0.129. The fourth-order valence-electron chi connectivity index (χ4n) is 2.54. The SMILES string of the molecule is COc1ccccc1[C@@H](NC(=O)Cc1cc(C)on1)c1ccco1. The third-order valence-electron chi connectivity index (χ3n) is 3.60. The number of rotatable bonds is 6. The van der Waals surface area contributed by atoms with Crippen molar-refractivity contribution in [2.24, 2.45) is 0 Å². The van der Waals surface area contributed by atoms with E-state index < -0.39 is 6.04 Å². The monoisotopic (exact) mass is 326 g/mol. The van der Waals surface area contributed by atoms with Crippen molar-refractivity contribution < 1.29 is 18.5 Å². The van der Waals surface area contributed by atoms with Crippen LogP contribution < -0.4 is 10.1 Å². The first-order valence-corrected chi connectivity index (χ1v) is 7.55. The summed E-state index contributed by atoms with van der Waals surface area (Å²) >= 11 is 0. The van der Waals surface area contributed by atoms with Gasteiger partial charge >= 0.3 is 0 Å². The summed E-state index contributed by atoms with van der Waals surface area (Å²) in [6.07, 6.45) is 1.70. The molecule has 0 bridgehead atoms. The quantitative estimate of drug-likeness (QED) is 0.753. The molecule has 6 heteroatoms. The highest BCUT2D eigenvalue weighted by Gasteiger charge is 2.23. The van der Waals surface area contributed by atoms with Gasteiger partial charge in [-0.1, -0.05) is 23.4 Å². The number of carbonyl (C=O) groups excluding carboxylic acids is 1. The van der Waals surface area contributed by atoms with Crippen molar-refractivity contribution in [3.63, 3.8) is 0 Å². The molecule has 3 rings (SSSR count). The van der Waals surface area contributed by atoms with E-state index in [0.29, 0.717) is 23.0 Å². The maximum absolute atomic E-state index is 12.4. The summed E-state index contributed by atoms with van der Waals surface area (Å²) in [6, 6.07) is 12.4. The van der Waals surface area contributed by atoms with Gasteiger partial charge in [-0.3, -0.25) is 4.79 Å². The number of methoxy groups -OCH3 is 1. The van der Waals surface area contributed by atoms with E-state index in [1.54, 1.807) is 32.4 Å². The Morgan fingerprint density at radius 2 is 2.12 bits per heavy atom. The molecule has 1 amide bonds. The van der Waals surface area contributed by atoms with Crippen LogP contribution in [0.25, 0.3) is 0 Å². The molecular formula is C18H18N2O4. The van der Waals surface area contributed by atoms with Gasteiger partial charge in [0, 0.05) is 11.6 Å². The van der Waals surface area contributed by atoms with Crippen molar-refractivity contribution in [1.29, 1.82) is 0 Å². The molecule has 0 radical (unpaired) electrons. The standard InChI is InChI=1S/C18H18N2O4/c1-12-10-13(20-24-12)11-17(21)19-18(16-8-5-9-23-16)14-6-3-4-7-15(14)22-2/h3-10,18H,11H2,1-2H3,(H,19,21)/t18-/m1/s1. The molecule has 0 aliphatic heterocycles. The van der Waals surface area contributed by atoms with Crippen LogP contribution in [0.15, 0.2) is 57.7 Å². The van der Waals surface area contributed by atoms with Gasteiger partial charge < -0.3 is 19.0 Å². The fraction of sp³-hybridized carbons (Fsp3) is 0.222. The number of nitrogens with one attached hydrogen (secondary N) is 1. The summed E-state index contributed by atoms with van der Waals surface area (Å²) in [5, 5.41) is 6.82. The normalized spacial score (nSPS) is 11.9. The molecule has 1 atom stereocenters. The van der Waals surface area contributed by atoms with Crippen LogP contribution in [0.4, 0.5) is 0 Å². The molecule has 0 saturated heterocycles. The summed E-state index contributed by atoms with van der Waals surface area (Å²) < 4.78 is 15.9. The molecule has 3 aromatic rings. The molecule has 1 N–H and O–H groups in total. The van der Waals surface area contributed by atoms with Crippen molar-refractivity contribution in [3.8, 4) is 5.75 Å². The van der Waals surface area contributed by atoms with E-state index in [1.165, 1.54) is 0 Å². The van der Waals surface area contributed by atoms with Gasteiger partial charge in [-0.2, -0.15) is 0 Å². The Hall–Kier alpha value is -3.02. The van der Waals surface area contributed by atoms with Crippen molar-refractivity contribution in [2.45, 2.75) is 19.4 Å². The van der Waals surface area contributed by atoms with Crippen LogP contribution in [0.1, 0.15) is 28.8 Å². The van der Waals surface area contributed by atoms with Crippen molar-refractivity contribution in [3.05, 3.63) is 71.5 Å². The first-order chi connectivity index (χ1) is 11.7. The lowest BCUT2D eigenvalue weighted by molar-refractivity contribution is -0.121. The van der Waals surface area contributed by atoms with Gasteiger partial charge in [0.25, 0.3) is 0 Å². The first kappa shape index (κ1) is 15.9. The predicted molar refractivity (Wildman–Crippen MR) is 86.6 cm³/mol. The lowest BCUT2D eigenvalue weighted by Crippen LogP contribution is -2.30. The number of ether oxygens (including phenoxy) is 1.